The molecular weight excluding hydrogens is 314 g/mol. The Morgan fingerprint density at radius 3 is 2.24 bits per heavy atom. The Labute approximate surface area is 149 Å². The lowest BCUT2D eigenvalue weighted by atomic mass is 10.0. The van der Waals surface area contributed by atoms with E-state index >= 15 is 0 Å². The molecule has 0 unspecified atom stereocenters. The van der Waals surface area contributed by atoms with Gasteiger partial charge in [0.1, 0.15) is 0 Å². The van der Waals surface area contributed by atoms with Crippen LogP contribution in [0.15, 0.2) is 42.5 Å². The molecule has 0 N–H and O–H groups in total. The number of methoxy groups -OCH3 is 1. The van der Waals surface area contributed by atoms with Gasteiger partial charge in [-0.25, -0.2) is 0 Å². The summed E-state index contributed by atoms with van der Waals surface area (Å²) >= 11 is 0. The number of hydrogen-bond donors (Lipinski definition) is 0. The van der Waals surface area contributed by atoms with Crippen LogP contribution in [0.4, 0.5) is 0 Å². The summed E-state index contributed by atoms with van der Waals surface area (Å²) in [6, 6.07) is 13.8. The van der Waals surface area contributed by atoms with Crippen LogP contribution in [0, 0.1) is 20.8 Å². The first-order valence-electron chi connectivity index (χ1n) is 8.39. The van der Waals surface area contributed by atoms with Gasteiger partial charge in [-0.05, 0) is 49.6 Å². The summed E-state index contributed by atoms with van der Waals surface area (Å²) < 4.78 is 4.71. The number of aryl methyl sites for hydroxylation is 3. The molecule has 4 heteroatoms. The Hall–Kier alpha value is -2.62. The molecule has 0 bridgehead atoms. The van der Waals surface area contributed by atoms with Crippen LogP contribution in [-0.4, -0.2) is 30.4 Å². The van der Waals surface area contributed by atoms with Gasteiger partial charge < -0.3 is 9.64 Å². The SMILES string of the molecule is COC(=O)CCN(Cc1ccc(C)cc1)C(=O)c1ccc(C)c(C)c1. The van der Waals surface area contributed by atoms with Crippen LogP contribution in [0.3, 0.4) is 0 Å². The Morgan fingerprint density at radius 2 is 1.64 bits per heavy atom. The molecule has 25 heavy (non-hydrogen) atoms. The predicted molar refractivity (Wildman–Crippen MR) is 98.5 cm³/mol. The Kier molecular flexibility index (Phi) is 6.34. The zero-order valence-corrected chi connectivity index (χ0v) is 15.3. The molecule has 0 aliphatic carbocycles. The van der Waals surface area contributed by atoms with Crippen molar-refractivity contribution in [2.24, 2.45) is 0 Å². The van der Waals surface area contributed by atoms with Gasteiger partial charge in [-0.2, -0.15) is 0 Å². The van der Waals surface area contributed by atoms with Crippen molar-refractivity contribution in [1.29, 1.82) is 0 Å². The maximum absolute atomic E-state index is 13.0. The second-order valence-electron chi connectivity index (χ2n) is 6.34. The van der Waals surface area contributed by atoms with Gasteiger partial charge in [0.15, 0.2) is 0 Å². The van der Waals surface area contributed by atoms with Crippen molar-refractivity contribution in [2.45, 2.75) is 33.7 Å². The molecule has 0 atom stereocenters. The van der Waals surface area contributed by atoms with E-state index in [0.717, 1.165) is 16.7 Å². The van der Waals surface area contributed by atoms with E-state index in [1.807, 2.05) is 63.2 Å². The predicted octanol–water partition coefficient (Wildman–Crippen LogP) is 3.82. The molecule has 1 amide bonds. The first kappa shape index (κ1) is 18.7. The minimum Gasteiger partial charge on any atom is -0.469 e. The summed E-state index contributed by atoms with van der Waals surface area (Å²) in [5, 5.41) is 0. The van der Waals surface area contributed by atoms with E-state index in [4.69, 9.17) is 4.74 Å². The number of esters is 1. The fourth-order valence-electron chi connectivity index (χ4n) is 2.55. The summed E-state index contributed by atoms with van der Waals surface area (Å²) in [5.41, 5.74) is 5.07. The van der Waals surface area contributed by atoms with Crippen LogP contribution in [0.1, 0.15) is 39.0 Å². The third kappa shape index (κ3) is 5.18. The molecule has 0 aliphatic heterocycles. The van der Waals surface area contributed by atoms with Crippen LogP contribution in [0.5, 0.6) is 0 Å². The van der Waals surface area contributed by atoms with Gasteiger partial charge in [-0.15, -0.1) is 0 Å². The highest BCUT2D eigenvalue weighted by Gasteiger charge is 2.18. The maximum Gasteiger partial charge on any atom is 0.307 e. The van der Waals surface area contributed by atoms with Crippen molar-refractivity contribution < 1.29 is 14.3 Å². The number of hydrogen-bond acceptors (Lipinski definition) is 3. The molecule has 0 spiro atoms. The van der Waals surface area contributed by atoms with Crippen molar-refractivity contribution in [1.82, 2.24) is 4.90 Å². The van der Waals surface area contributed by atoms with E-state index < -0.39 is 0 Å². The monoisotopic (exact) mass is 339 g/mol. The number of ether oxygens (including phenoxy) is 1. The molecule has 4 nitrogen and oxygen atoms in total. The van der Waals surface area contributed by atoms with Crippen LogP contribution in [-0.2, 0) is 16.1 Å². The highest BCUT2D eigenvalue weighted by Crippen LogP contribution is 2.15. The standard InChI is InChI=1S/C21H25NO3/c1-15-5-8-18(9-6-15)14-22(12-11-20(23)25-4)21(24)19-10-7-16(2)17(3)13-19/h5-10,13H,11-12,14H2,1-4H3. The van der Waals surface area contributed by atoms with Crippen molar-refractivity contribution in [3.63, 3.8) is 0 Å². The molecule has 0 heterocycles. The van der Waals surface area contributed by atoms with Crippen LogP contribution in [0.2, 0.25) is 0 Å². The lowest BCUT2D eigenvalue weighted by molar-refractivity contribution is -0.140. The topological polar surface area (TPSA) is 46.6 Å². The zero-order valence-electron chi connectivity index (χ0n) is 15.3. The molecule has 0 radical (unpaired) electrons. The number of carbonyl (C=O) groups is 2. The highest BCUT2D eigenvalue weighted by molar-refractivity contribution is 5.94. The molecule has 2 rings (SSSR count). The quantitative estimate of drug-likeness (QED) is 0.752. The largest absolute Gasteiger partial charge is 0.469 e. The van der Waals surface area contributed by atoms with E-state index in [1.165, 1.54) is 12.7 Å². The zero-order chi connectivity index (χ0) is 18.4. The third-order valence-electron chi connectivity index (χ3n) is 4.35. The summed E-state index contributed by atoms with van der Waals surface area (Å²) in [6.45, 7) is 6.82. The fraction of sp³-hybridized carbons (Fsp3) is 0.333. The highest BCUT2D eigenvalue weighted by atomic mass is 16.5. The number of carbonyl (C=O) groups excluding carboxylic acids is 2. The normalized spacial score (nSPS) is 10.4. The molecule has 0 aromatic heterocycles. The van der Waals surface area contributed by atoms with Gasteiger partial charge >= 0.3 is 5.97 Å². The Balaban J connectivity index is 2.22. The van der Waals surface area contributed by atoms with E-state index in [9.17, 15) is 9.59 Å². The van der Waals surface area contributed by atoms with E-state index in [-0.39, 0.29) is 18.3 Å². The number of benzene rings is 2. The van der Waals surface area contributed by atoms with Crippen molar-refractivity contribution >= 4 is 11.9 Å². The first-order valence-corrected chi connectivity index (χ1v) is 8.39. The Bertz CT molecular complexity index is 750. The van der Waals surface area contributed by atoms with Gasteiger partial charge in [0.05, 0.1) is 13.5 Å². The van der Waals surface area contributed by atoms with Gasteiger partial charge in [0.25, 0.3) is 5.91 Å². The van der Waals surface area contributed by atoms with Crippen LogP contribution >= 0.6 is 0 Å². The van der Waals surface area contributed by atoms with Crippen molar-refractivity contribution in [3.05, 3.63) is 70.3 Å². The lowest BCUT2D eigenvalue weighted by Crippen LogP contribution is -2.32. The molecule has 0 fully saturated rings. The number of amides is 1. The van der Waals surface area contributed by atoms with Gasteiger partial charge in [-0.3, -0.25) is 9.59 Å². The third-order valence-corrected chi connectivity index (χ3v) is 4.35. The van der Waals surface area contributed by atoms with Gasteiger partial charge in [0.2, 0.25) is 0 Å². The minimum atomic E-state index is -0.318. The second kappa shape index (κ2) is 8.47. The lowest BCUT2D eigenvalue weighted by Gasteiger charge is -2.23. The molecule has 2 aromatic carbocycles. The van der Waals surface area contributed by atoms with E-state index in [1.54, 1.807) is 4.90 Å². The summed E-state index contributed by atoms with van der Waals surface area (Å²) in [7, 11) is 1.36. The van der Waals surface area contributed by atoms with E-state index in [0.29, 0.717) is 18.7 Å². The second-order valence-corrected chi connectivity index (χ2v) is 6.34. The van der Waals surface area contributed by atoms with Gasteiger partial charge in [0, 0.05) is 18.7 Å². The smallest absolute Gasteiger partial charge is 0.307 e. The van der Waals surface area contributed by atoms with Crippen LogP contribution in [0.25, 0.3) is 0 Å². The van der Waals surface area contributed by atoms with Crippen molar-refractivity contribution in [3.8, 4) is 0 Å². The maximum atomic E-state index is 13.0. The van der Waals surface area contributed by atoms with Crippen LogP contribution < -0.4 is 0 Å². The molecule has 132 valence electrons. The van der Waals surface area contributed by atoms with Gasteiger partial charge in [-0.1, -0.05) is 35.9 Å². The molecular formula is C21H25NO3. The summed E-state index contributed by atoms with van der Waals surface area (Å²) in [6.07, 6.45) is 0.180. The first-order chi connectivity index (χ1) is 11.9. The molecule has 0 saturated heterocycles. The summed E-state index contributed by atoms with van der Waals surface area (Å²) in [5.74, 6) is -0.394. The molecule has 2 aromatic rings. The Morgan fingerprint density at radius 1 is 0.960 bits per heavy atom. The molecule has 0 saturated carbocycles. The van der Waals surface area contributed by atoms with E-state index in [2.05, 4.69) is 0 Å². The minimum absolute atomic E-state index is 0.0763. The van der Waals surface area contributed by atoms with Crippen molar-refractivity contribution in [2.75, 3.05) is 13.7 Å². The summed E-state index contributed by atoms with van der Waals surface area (Å²) in [4.78, 5) is 26.2. The average Bonchev–Trinajstić information content (AvgIpc) is 2.61. The fourth-order valence-corrected chi connectivity index (χ4v) is 2.55. The average molecular weight is 339 g/mol. The number of rotatable bonds is 6. The molecule has 0 aliphatic rings. The number of nitrogens with zero attached hydrogens (tertiary/aromatic N) is 1.